The minimum Gasteiger partial charge on any atom is -0.415 e. The normalized spacial score (nSPS) is 17.7. The molecule has 4 nitrogen and oxygen atoms in total. The lowest BCUT2D eigenvalue weighted by Crippen LogP contribution is -2.44. The molecule has 0 bridgehead atoms. The van der Waals surface area contributed by atoms with Gasteiger partial charge in [-0.25, -0.2) is 0 Å². The van der Waals surface area contributed by atoms with Gasteiger partial charge >= 0.3 is 0 Å². The predicted molar refractivity (Wildman–Crippen MR) is 179 cm³/mol. The van der Waals surface area contributed by atoms with E-state index in [1.165, 1.54) is 16.8 Å². The monoisotopic (exact) mass is 580 g/mol. The summed E-state index contributed by atoms with van der Waals surface area (Å²) >= 11 is 0. The standard InChI is InChI=1S/C34H56N2O2Si2/c1-32(2,3)39(9,10)37-23-21-36(22-24-38-40(11,12)33(4,5)6)31-17-15-28(16-18-31)13-14-29-25-30(19-20-35)27-34(7,8)26-29/h13-19,25H,21-24,26-27H2,1-12H3/b14-13+,30-19?. The molecule has 0 unspecified atom stereocenters. The zero-order valence-corrected chi connectivity index (χ0v) is 29.6. The van der Waals surface area contributed by atoms with Gasteiger partial charge in [-0.2, -0.15) is 5.26 Å². The zero-order valence-electron chi connectivity index (χ0n) is 27.6. The third-order valence-electron chi connectivity index (χ3n) is 8.99. The Morgan fingerprint density at radius 1 is 0.850 bits per heavy atom. The highest BCUT2D eigenvalue weighted by atomic mass is 28.4. The lowest BCUT2D eigenvalue weighted by atomic mass is 9.75. The molecule has 0 aromatic heterocycles. The van der Waals surface area contributed by atoms with Crippen LogP contribution in [0.5, 0.6) is 0 Å². The maximum atomic E-state index is 9.12. The van der Waals surface area contributed by atoms with E-state index in [0.717, 1.165) is 44.7 Å². The van der Waals surface area contributed by atoms with Gasteiger partial charge in [-0.15, -0.1) is 0 Å². The van der Waals surface area contributed by atoms with Gasteiger partial charge in [-0.3, -0.25) is 0 Å². The highest BCUT2D eigenvalue weighted by molar-refractivity contribution is 6.74. The van der Waals surface area contributed by atoms with Gasteiger partial charge in [0.2, 0.25) is 0 Å². The Morgan fingerprint density at radius 2 is 1.35 bits per heavy atom. The fraction of sp³-hybridized carbons (Fsp3) is 0.618. The topological polar surface area (TPSA) is 45.5 Å². The summed E-state index contributed by atoms with van der Waals surface area (Å²) < 4.78 is 13.1. The van der Waals surface area contributed by atoms with Gasteiger partial charge in [-0.05, 0) is 83.4 Å². The van der Waals surface area contributed by atoms with Crippen molar-refractivity contribution < 1.29 is 8.85 Å². The van der Waals surface area contributed by atoms with Crippen molar-refractivity contribution in [2.75, 3.05) is 31.2 Å². The number of rotatable bonds is 11. The first-order chi connectivity index (χ1) is 18.3. The van der Waals surface area contributed by atoms with Crippen LogP contribution in [-0.2, 0) is 8.85 Å². The van der Waals surface area contributed by atoms with Crippen LogP contribution in [-0.4, -0.2) is 42.9 Å². The minimum absolute atomic E-state index is 0.167. The Balaban J connectivity index is 2.17. The number of allylic oxidation sites excluding steroid dienone is 5. The van der Waals surface area contributed by atoms with Crippen LogP contribution >= 0.6 is 0 Å². The highest BCUT2D eigenvalue weighted by Gasteiger charge is 2.38. The molecule has 0 N–H and O–H groups in total. The Kier molecular flexibility index (Phi) is 11.5. The average Bonchev–Trinajstić information content (AvgIpc) is 2.80. The summed E-state index contributed by atoms with van der Waals surface area (Å²) in [5.74, 6) is 0. The summed E-state index contributed by atoms with van der Waals surface area (Å²) in [6, 6.07) is 11.0. The molecule has 0 heterocycles. The number of benzene rings is 1. The van der Waals surface area contributed by atoms with Crippen LogP contribution in [0.4, 0.5) is 5.69 Å². The van der Waals surface area contributed by atoms with Gasteiger partial charge < -0.3 is 13.8 Å². The molecule has 0 atom stereocenters. The zero-order chi connectivity index (χ0) is 30.4. The molecule has 1 aromatic carbocycles. The summed E-state index contributed by atoms with van der Waals surface area (Å²) in [4.78, 5) is 2.42. The number of nitrogens with zero attached hydrogens (tertiary/aromatic N) is 2. The minimum atomic E-state index is -1.80. The van der Waals surface area contributed by atoms with Crippen molar-refractivity contribution in [1.82, 2.24) is 0 Å². The summed E-state index contributed by atoms with van der Waals surface area (Å²) in [6.07, 6.45) is 10.2. The van der Waals surface area contributed by atoms with Crippen molar-refractivity contribution in [2.45, 2.75) is 104 Å². The molecule has 222 valence electrons. The van der Waals surface area contributed by atoms with Crippen LogP contribution in [0.15, 0.2) is 53.6 Å². The molecule has 0 fully saturated rings. The quantitative estimate of drug-likeness (QED) is 0.193. The molecule has 0 amide bonds. The molecule has 1 aromatic rings. The predicted octanol–water partition coefficient (Wildman–Crippen LogP) is 9.75. The molecule has 1 aliphatic carbocycles. The molecule has 6 heteroatoms. The maximum absolute atomic E-state index is 9.12. The Hall–Kier alpha value is -1.92. The van der Waals surface area contributed by atoms with E-state index in [0.29, 0.717) is 0 Å². The van der Waals surface area contributed by atoms with Crippen molar-refractivity contribution in [2.24, 2.45) is 5.41 Å². The molecular formula is C34H56N2O2Si2. The molecule has 40 heavy (non-hydrogen) atoms. The van der Waals surface area contributed by atoms with E-state index >= 15 is 0 Å². The molecule has 1 aliphatic rings. The Morgan fingerprint density at radius 3 is 1.80 bits per heavy atom. The van der Waals surface area contributed by atoms with Crippen molar-refractivity contribution in [3.63, 3.8) is 0 Å². The van der Waals surface area contributed by atoms with Crippen molar-refractivity contribution in [3.05, 3.63) is 59.2 Å². The van der Waals surface area contributed by atoms with Crippen LogP contribution in [0, 0.1) is 16.7 Å². The number of hydrogen-bond donors (Lipinski definition) is 0. The number of anilines is 1. The molecule has 0 radical (unpaired) electrons. The molecule has 0 aliphatic heterocycles. The summed E-state index contributed by atoms with van der Waals surface area (Å²) in [7, 11) is -3.61. The first-order valence-electron chi connectivity index (χ1n) is 14.9. The van der Waals surface area contributed by atoms with Crippen LogP contribution in [0.3, 0.4) is 0 Å². The second kappa shape index (κ2) is 13.4. The molecular weight excluding hydrogens is 525 g/mol. The van der Waals surface area contributed by atoms with E-state index in [1.807, 2.05) is 0 Å². The lowest BCUT2D eigenvalue weighted by molar-refractivity contribution is 0.276. The molecule has 2 rings (SSSR count). The van der Waals surface area contributed by atoms with E-state index in [-0.39, 0.29) is 15.5 Å². The fourth-order valence-electron chi connectivity index (χ4n) is 4.42. The first-order valence-corrected chi connectivity index (χ1v) is 20.7. The second-order valence-corrected chi connectivity index (χ2v) is 24.8. The van der Waals surface area contributed by atoms with Crippen molar-refractivity contribution in [1.29, 1.82) is 5.26 Å². The number of hydrogen-bond acceptors (Lipinski definition) is 4. The van der Waals surface area contributed by atoms with Crippen LogP contribution in [0.2, 0.25) is 36.3 Å². The van der Waals surface area contributed by atoms with Crippen molar-refractivity contribution in [3.8, 4) is 6.07 Å². The fourth-order valence-corrected chi connectivity index (χ4v) is 6.48. The smallest absolute Gasteiger partial charge is 0.192 e. The first kappa shape index (κ1) is 34.3. The lowest BCUT2D eigenvalue weighted by Gasteiger charge is -2.38. The van der Waals surface area contributed by atoms with E-state index in [4.69, 9.17) is 14.1 Å². The third-order valence-corrected chi connectivity index (χ3v) is 18.1. The van der Waals surface area contributed by atoms with Gasteiger partial charge in [0.1, 0.15) is 0 Å². The van der Waals surface area contributed by atoms with Gasteiger partial charge in [0.05, 0.1) is 19.3 Å². The summed E-state index contributed by atoms with van der Waals surface area (Å²) in [5.41, 5.74) is 4.93. The van der Waals surface area contributed by atoms with Crippen LogP contribution in [0.1, 0.15) is 73.8 Å². The van der Waals surface area contributed by atoms with Gasteiger partial charge in [0, 0.05) is 24.9 Å². The summed E-state index contributed by atoms with van der Waals surface area (Å²) in [5, 5.41) is 9.52. The molecule has 0 saturated heterocycles. The van der Waals surface area contributed by atoms with E-state index in [9.17, 15) is 0 Å². The third kappa shape index (κ3) is 10.2. The molecule has 0 saturated carbocycles. The van der Waals surface area contributed by atoms with Crippen LogP contribution in [0.25, 0.3) is 6.08 Å². The molecule has 0 spiro atoms. The Bertz CT molecular complexity index is 1080. The van der Waals surface area contributed by atoms with Gasteiger partial charge in [0.15, 0.2) is 16.6 Å². The number of nitriles is 1. The average molecular weight is 581 g/mol. The SMILES string of the molecule is CC1(C)CC(=CC#N)C=C(/C=C/c2ccc(N(CCO[Si](C)(C)C(C)(C)C)CCO[Si](C)(C)C(C)(C)C)cc2)C1. The van der Waals surface area contributed by atoms with E-state index < -0.39 is 16.6 Å². The van der Waals surface area contributed by atoms with Crippen molar-refractivity contribution >= 4 is 28.4 Å². The van der Waals surface area contributed by atoms with Gasteiger partial charge in [-0.1, -0.05) is 85.8 Å². The second-order valence-electron chi connectivity index (χ2n) is 15.2. The van der Waals surface area contributed by atoms with E-state index in [2.05, 4.69) is 135 Å². The van der Waals surface area contributed by atoms with Crippen LogP contribution < -0.4 is 4.90 Å². The largest absolute Gasteiger partial charge is 0.415 e. The maximum Gasteiger partial charge on any atom is 0.192 e. The highest BCUT2D eigenvalue weighted by Crippen LogP contribution is 2.39. The van der Waals surface area contributed by atoms with Gasteiger partial charge in [0.25, 0.3) is 0 Å². The Labute approximate surface area is 248 Å². The van der Waals surface area contributed by atoms with E-state index in [1.54, 1.807) is 6.08 Å². The summed E-state index contributed by atoms with van der Waals surface area (Å²) in [6.45, 7) is 30.7.